The van der Waals surface area contributed by atoms with E-state index in [1.807, 2.05) is 0 Å². The molecule has 0 heterocycles. The Kier molecular flexibility index (Phi) is 8.27. The third-order valence-electron chi connectivity index (χ3n) is 3.21. The van der Waals surface area contributed by atoms with Crippen LogP contribution in [0.2, 0.25) is 0 Å². The Morgan fingerprint density at radius 1 is 1.23 bits per heavy atom. The predicted octanol–water partition coefficient (Wildman–Crippen LogP) is 1.51. The molecule has 1 amide bonds. The molecule has 9 nitrogen and oxygen atoms in total. The highest BCUT2D eigenvalue weighted by molar-refractivity contribution is 7.85. The molecule has 0 bridgehead atoms. The van der Waals surface area contributed by atoms with Crippen molar-refractivity contribution in [3.63, 3.8) is 0 Å². The first-order chi connectivity index (χ1) is 12.2. The molecule has 0 unspecified atom stereocenters. The number of nitrogens with one attached hydrogen (secondary N) is 2. The number of carbonyl (C=O) groups excluding carboxylic acids is 1. The molecule has 140 valence electrons. The van der Waals surface area contributed by atoms with Crippen LogP contribution in [-0.2, 0) is 19.7 Å². The van der Waals surface area contributed by atoms with Crippen LogP contribution in [0.5, 0.6) is 0 Å². The number of rotatable bonds is 10. The topological polar surface area (TPSA) is 157 Å². The normalized spacial score (nSPS) is 11.5. The lowest BCUT2D eigenvalue weighted by atomic mass is 10.2. The van der Waals surface area contributed by atoms with Gasteiger partial charge in [-0.25, -0.2) is 0 Å². The number of anilines is 1. The minimum atomic E-state index is -4.40. The maximum Gasteiger partial charge on any atom is 0.303 e. The van der Waals surface area contributed by atoms with Gasteiger partial charge in [0.05, 0.1) is 4.90 Å². The van der Waals surface area contributed by atoms with E-state index in [2.05, 4.69) is 10.6 Å². The Bertz CT molecular complexity index is 827. The third-order valence-corrected chi connectivity index (χ3v) is 4.06. The highest BCUT2D eigenvalue weighted by Gasteiger charge is 2.13. The Morgan fingerprint density at radius 2 is 1.96 bits per heavy atom. The van der Waals surface area contributed by atoms with Gasteiger partial charge in [0.15, 0.2) is 0 Å². The lowest BCUT2D eigenvalue weighted by Crippen LogP contribution is -2.17. The monoisotopic (exact) mass is 381 g/mol. The van der Waals surface area contributed by atoms with E-state index in [0.29, 0.717) is 25.8 Å². The van der Waals surface area contributed by atoms with Gasteiger partial charge in [0.1, 0.15) is 11.6 Å². The number of hydrogen-bond donors (Lipinski definition) is 4. The van der Waals surface area contributed by atoms with Crippen molar-refractivity contribution in [2.45, 2.75) is 30.6 Å². The first-order valence-electron chi connectivity index (χ1n) is 7.68. The Balaban J connectivity index is 2.56. The second-order valence-electron chi connectivity index (χ2n) is 5.29. The molecule has 0 radical (unpaired) electrons. The van der Waals surface area contributed by atoms with Gasteiger partial charge in [0.25, 0.3) is 16.0 Å². The summed E-state index contributed by atoms with van der Waals surface area (Å²) in [4.78, 5) is 22.0. The molecule has 0 spiro atoms. The standard InChI is InChI=1S/C16H19N3O6S/c17-10-12(11-18-8-3-1-2-7-15(20)21)16(22)19-13-5-4-6-14(9-13)26(23,24)25/h4-6,9,11,18H,1-3,7-8H2,(H,19,22)(H,20,21)(H,23,24,25)/b12-11-. The molecule has 0 fully saturated rings. The van der Waals surface area contributed by atoms with E-state index in [1.54, 1.807) is 6.07 Å². The Labute approximate surface area is 151 Å². The number of hydrogen-bond acceptors (Lipinski definition) is 6. The summed E-state index contributed by atoms with van der Waals surface area (Å²) in [7, 11) is -4.40. The lowest BCUT2D eigenvalue weighted by Gasteiger charge is -2.06. The van der Waals surface area contributed by atoms with Crippen LogP contribution in [0.1, 0.15) is 25.7 Å². The van der Waals surface area contributed by atoms with Crippen LogP contribution in [0.4, 0.5) is 5.69 Å². The van der Waals surface area contributed by atoms with E-state index in [-0.39, 0.29) is 22.6 Å². The van der Waals surface area contributed by atoms with Gasteiger partial charge in [0, 0.05) is 24.9 Å². The first kappa shape index (κ1) is 21.1. The molecule has 0 aliphatic rings. The van der Waals surface area contributed by atoms with Crippen LogP contribution in [0.25, 0.3) is 0 Å². The summed E-state index contributed by atoms with van der Waals surface area (Å²) in [5.41, 5.74) is -0.104. The fraction of sp³-hybridized carbons (Fsp3) is 0.312. The molecular formula is C16H19N3O6S. The molecule has 0 saturated heterocycles. The van der Waals surface area contributed by atoms with Crippen molar-refractivity contribution >= 4 is 27.7 Å². The molecule has 10 heteroatoms. The zero-order valence-corrected chi connectivity index (χ0v) is 14.6. The van der Waals surface area contributed by atoms with Crippen molar-refractivity contribution in [2.24, 2.45) is 0 Å². The van der Waals surface area contributed by atoms with Gasteiger partial charge < -0.3 is 15.7 Å². The van der Waals surface area contributed by atoms with Crippen LogP contribution < -0.4 is 10.6 Å². The van der Waals surface area contributed by atoms with E-state index in [9.17, 15) is 18.0 Å². The Morgan fingerprint density at radius 3 is 2.58 bits per heavy atom. The highest BCUT2D eigenvalue weighted by atomic mass is 32.2. The number of nitriles is 1. The van der Waals surface area contributed by atoms with Crippen molar-refractivity contribution in [1.29, 1.82) is 5.26 Å². The molecule has 1 aromatic carbocycles. The molecule has 0 aliphatic carbocycles. The maximum atomic E-state index is 12.0. The van der Waals surface area contributed by atoms with E-state index < -0.39 is 22.0 Å². The molecule has 1 rings (SSSR count). The van der Waals surface area contributed by atoms with Crippen LogP contribution >= 0.6 is 0 Å². The minimum Gasteiger partial charge on any atom is -0.481 e. The average Bonchev–Trinajstić information content (AvgIpc) is 2.56. The van der Waals surface area contributed by atoms with E-state index >= 15 is 0 Å². The van der Waals surface area contributed by atoms with Crippen molar-refractivity contribution in [3.8, 4) is 6.07 Å². The highest BCUT2D eigenvalue weighted by Crippen LogP contribution is 2.15. The van der Waals surface area contributed by atoms with Gasteiger partial charge in [0.2, 0.25) is 0 Å². The number of unbranched alkanes of at least 4 members (excludes halogenated alkanes) is 2. The third kappa shape index (κ3) is 7.78. The van der Waals surface area contributed by atoms with Crippen molar-refractivity contribution in [1.82, 2.24) is 5.32 Å². The maximum absolute atomic E-state index is 12.0. The minimum absolute atomic E-state index is 0.102. The fourth-order valence-electron chi connectivity index (χ4n) is 1.94. The predicted molar refractivity (Wildman–Crippen MR) is 92.7 cm³/mol. The van der Waals surface area contributed by atoms with Gasteiger partial charge in [-0.15, -0.1) is 0 Å². The quantitative estimate of drug-likeness (QED) is 0.206. The largest absolute Gasteiger partial charge is 0.481 e. The number of carbonyl (C=O) groups is 2. The van der Waals surface area contributed by atoms with E-state index in [4.69, 9.17) is 14.9 Å². The second kappa shape index (κ2) is 10.2. The number of carboxylic acid groups (broad SMARTS) is 1. The van der Waals surface area contributed by atoms with E-state index in [1.165, 1.54) is 18.3 Å². The molecule has 1 aromatic rings. The summed E-state index contributed by atoms with van der Waals surface area (Å²) in [6, 6.07) is 6.71. The van der Waals surface area contributed by atoms with Crippen LogP contribution in [0.3, 0.4) is 0 Å². The Hall–Kier alpha value is -2.90. The molecule has 0 atom stereocenters. The zero-order valence-electron chi connectivity index (χ0n) is 13.8. The summed E-state index contributed by atoms with van der Waals surface area (Å²) in [6.07, 6.45) is 3.27. The van der Waals surface area contributed by atoms with Crippen LogP contribution in [0.15, 0.2) is 40.9 Å². The van der Waals surface area contributed by atoms with Gasteiger partial charge in [-0.1, -0.05) is 12.5 Å². The van der Waals surface area contributed by atoms with Crippen LogP contribution in [-0.4, -0.2) is 36.5 Å². The summed E-state index contributed by atoms with van der Waals surface area (Å²) in [6.45, 7) is 0.469. The zero-order chi connectivity index (χ0) is 19.6. The molecule has 0 aliphatic heterocycles. The van der Waals surface area contributed by atoms with Crippen molar-refractivity contribution < 1.29 is 27.7 Å². The number of benzene rings is 1. The first-order valence-corrected chi connectivity index (χ1v) is 9.12. The summed E-state index contributed by atoms with van der Waals surface area (Å²) in [5.74, 6) is -1.59. The summed E-state index contributed by atoms with van der Waals surface area (Å²) >= 11 is 0. The van der Waals surface area contributed by atoms with Crippen molar-refractivity contribution in [2.75, 3.05) is 11.9 Å². The number of carboxylic acids is 1. The smallest absolute Gasteiger partial charge is 0.303 e. The fourth-order valence-corrected chi connectivity index (χ4v) is 2.46. The van der Waals surface area contributed by atoms with Gasteiger partial charge in [-0.05, 0) is 31.0 Å². The van der Waals surface area contributed by atoms with Crippen molar-refractivity contribution in [3.05, 3.63) is 36.0 Å². The summed E-state index contributed by atoms with van der Waals surface area (Å²) < 4.78 is 31.2. The molecular weight excluding hydrogens is 362 g/mol. The molecule has 4 N–H and O–H groups in total. The number of amides is 1. The van der Waals surface area contributed by atoms with Gasteiger partial charge >= 0.3 is 5.97 Å². The molecule has 26 heavy (non-hydrogen) atoms. The van der Waals surface area contributed by atoms with Gasteiger partial charge in [-0.3, -0.25) is 14.1 Å². The van der Waals surface area contributed by atoms with Gasteiger partial charge in [-0.2, -0.15) is 13.7 Å². The number of nitrogens with zero attached hydrogens (tertiary/aromatic N) is 1. The summed E-state index contributed by atoms with van der Waals surface area (Å²) in [5, 5.41) is 22.7. The molecule has 0 saturated carbocycles. The average molecular weight is 381 g/mol. The lowest BCUT2D eigenvalue weighted by molar-refractivity contribution is -0.137. The SMILES string of the molecule is N#C/C(=C/NCCCCCC(=O)O)C(=O)Nc1cccc(S(=O)(=O)O)c1. The van der Waals surface area contributed by atoms with Crippen LogP contribution in [0, 0.1) is 11.3 Å². The number of aliphatic carboxylic acids is 1. The second-order valence-corrected chi connectivity index (χ2v) is 6.71. The molecule has 0 aromatic heterocycles. The van der Waals surface area contributed by atoms with E-state index in [0.717, 1.165) is 12.1 Å².